The number of rotatable bonds is 8. The number of hydrogen-bond acceptors (Lipinski definition) is 5. The fraction of sp³-hybridized carbons (Fsp3) is 0.333. The van der Waals surface area contributed by atoms with Gasteiger partial charge in [-0.2, -0.15) is 0 Å². The van der Waals surface area contributed by atoms with Crippen LogP contribution >= 0.6 is 0 Å². The highest BCUT2D eigenvalue weighted by Crippen LogP contribution is 2.22. The van der Waals surface area contributed by atoms with Crippen LogP contribution in [0, 0.1) is 6.92 Å². The largest absolute Gasteiger partial charge is 0.493 e. The van der Waals surface area contributed by atoms with Crippen LogP contribution in [0.5, 0.6) is 5.75 Å². The number of hydrogen-bond donors (Lipinski definition) is 0. The first kappa shape index (κ1) is 17.6. The summed E-state index contributed by atoms with van der Waals surface area (Å²) in [5.41, 5.74) is 3.14. The first-order valence-corrected chi connectivity index (χ1v) is 9.35. The van der Waals surface area contributed by atoms with Crippen molar-refractivity contribution in [1.29, 1.82) is 0 Å². The molecule has 0 spiro atoms. The number of aromatic nitrogens is 3. The zero-order valence-electron chi connectivity index (χ0n) is 14.3. The van der Waals surface area contributed by atoms with Crippen LogP contribution in [0.1, 0.15) is 17.7 Å². The third kappa shape index (κ3) is 4.24. The highest BCUT2D eigenvalue weighted by molar-refractivity contribution is 7.84. The Morgan fingerprint density at radius 2 is 2.04 bits per heavy atom. The van der Waals surface area contributed by atoms with Crippen LogP contribution in [0.2, 0.25) is 0 Å². The molecule has 7 heteroatoms. The smallest absolute Gasteiger partial charge is 0.125 e. The Kier molecular flexibility index (Phi) is 5.78. The van der Waals surface area contributed by atoms with E-state index in [1.807, 2.05) is 37.3 Å². The number of para-hydroxylation sites is 2. The number of ether oxygens (including phenoxy) is 2. The molecule has 0 radical (unpaired) electrons. The van der Waals surface area contributed by atoms with Gasteiger partial charge in [0.1, 0.15) is 5.75 Å². The van der Waals surface area contributed by atoms with Gasteiger partial charge < -0.3 is 19.4 Å². The highest BCUT2D eigenvalue weighted by atomic mass is 32.2. The second-order valence-corrected chi connectivity index (χ2v) is 6.91. The van der Waals surface area contributed by atoms with Crippen LogP contribution in [-0.2, 0) is 21.3 Å². The Morgan fingerprint density at radius 3 is 2.84 bits per heavy atom. The minimum Gasteiger partial charge on any atom is -0.493 e. The molecule has 2 heterocycles. The van der Waals surface area contributed by atoms with Crippen LogP contribution in [0.4, 0.5) is 0 Å². The van der Waals surface area contributed by atoms with E-state index in [0.717, 1.165) is 34.5 Å². The minimum absolute atomic E-state index is 0.261. The first-order chi connectivity index (χ1) is 12.2. The van der Waals surface area contributed by atoms with E-state index in [1.54, 1.807) is 13.3 Å². The van der Waals surface area contributed by atoms with Gasteiger partial charge in [0.05, 0.1) is 28.9 Å². The van der Waals surface area contributed by atoms with Gasteiger partial charge in [-0.1, -0.05) is 24.3 Å². The number of nitrogens with zero attached hydrogens (tertiary/aromatic N) is 3. The van der Waals surface area contributed by atoms with E-state index in [4.69, 9.17) is 9.47 Å². The topological polar surface area (TPSA) is 75.4 Å². The Morgan fingerprint density at radius 1 is 1.20 bits per heavy atom. The molecule has 25 heavy (non-hydrogen) atoms. The Labute approximate surface area is 149 Å². The van der Waals surface area contributed by atoms with Gasteiger partial charge in [0, 0.05) is 37.1 Å². The molecule has 0 saturated carbocycles. The average Bonchev–Trinajstić information content (AvgIpc) is 3.06. The van der Waals surface area contributed by atoms with E-state index in [0.29, 0.717) is 18.4 Å². The molecule has 6 nitrogen and oxygen atoms in total. The maximum Gasteiger partial charge on any atom is 0.125 e. The van der Waals surface area contributed by atoms with Crippen LogP contribution < -0.4 is 9.72 Å². The van der Waals surface area contributed by atoms with E-state index in [9.17, 15) is 4.21 Å². The third-order valence-electron chi connectivity index (χ3n) is 3.79. The normalized spacial score (nSPS) is 12.4. The monoisotopic (exact) mass is 358 g/mol. The molecule has 0 amide bonds. The molecule has 0 saturated heterocycles. The van der Waals surface area contributed by atoms with E-state index >= 15 is 0 Å². The lowest BCUT2D eigenvalue weighted by Gasteiger charge is -2.12. The standard InChI is InChI=1S/C18H20N3O3S/c1-13-16(19-9-8-17(13)24-11-5-10-23-2)12-25(22)18-20-14-6-3-4-7-15(14)21-18/h3-4,6-9H,5,10-12H2,1-2H3/q-1/t25-/m1/s1. The fourth-order valence-electron chi connectivity index (χ4n) is 2.42. The molecular weight excluding hydrogens is 338 g/mol. The van der Waals surface area contributed by atoms with Crippen molar-refractivity contribution in [2.45, 2.75) is 24.3 Å². The number of imidazole rings is 1. The fourth-order valence-corrected chi connectivity index (χ4v) is 3.49. The van der Waals surface area contributed by atoms with Crippen LogP contribution in [0.15, 0.2) is 41.7 Å². The van der Waals surface area contributed by atoms with Crippen molar-refractivity contribution in [2.75, 3.05) is 20.3 Å². The first-order valence-electron chi connectivity index (χ1n) is 8.03. The van der Waals surface area contributed by atoms with Gasteiger partial charge in [0.15, 0.2) is 0 Å². The molecule has 1 aromatic carbocycles. The summed E-state index contributed by atoms with van der Waals surface area (Å²) in [6.45, 7) is 3.15. The Balaban J connectivity index is 1.72. The molecule has 0 fully saturated rings. The zero-order valence-corrected chi connectivity index (χ0v) is 15.1. The van der Waals surface area contributed by atoms with E-state index < -0.39 is 10.8 Å². The Hall–Kier alpha value is -2.25. The molecule has 132 valence electrons. The summed E-state index contributed by atoms with van der Waals surface area (Å²) in [6.07, 6.45) is 2.49. The quantitative estimate of drug-likeness (QED) is 0.576. The maximum atomic E-state index is 12.6. The molecule has 0 aliphatic carbocycles. The summed E-state index contributed by atoms with van der Waals surface area (Å²) in [6, 6.07) is 9.32. The summed E-state index contributed by atoms with van der Waals surface area (Å²) in [5.74, 6) is 1.02. The highest BCUT2D eigenvalue weighted by Gasteiger charge is 2.11. The molecule has 1 atom stereocenters. The van der Waals surface area contributed by atoms with E-state index in [2.05, 4.69) is 15.0 Å². The molecule has 3 aromatic rings. The lowest BCUT2D eigenvalue weighted by molar-refractivity contribution is 0.172. The molecule has 0 aliphatic rings. The van der Waals surface area contributed by atoms with Gasteiger partial charge in [-0.25, -0.2) is 0 Å². The molecule has 0 N–H and O–H groups in total. The SMILES string of the molecule is COCCCOc1ccnc(C[S@@](=O)c2nc3ccccc3[n-]2)c1C. The number of benzene rings is 1. The summed E-state index contributed by atoms with van der Waals surface area (Å²) in [7, 11) is 0.312. The van der Waals surface area contributed by atoms with Crippen molar-refractivity contribution in [3.8, 4) is 5.75 Å². The number of pyridine rings is 1. The number of methoxy groups -OCH3 is 1. The van der Waals surface area contributed by atoms with Crippen molar-refractivity contribution in [3.05, 3.63) is 47.8 Å². The van der Waals surface area contributed by atoms with Crippen molar-refractivity contribution in [3.63, 3.8) is 0 Å². The van der Waals surface area contributed by atoms with Crippen LogP contribution in [0.25, 0.3) is 11.0 Å². The summed E-state index contributed by atoms with van der Waals surface area (Å²) in [5, 5.41) is 0.341. The maximum absolute atomic E-state index is 12.6. The van der Waals surface area contributed by atoms with Crippen molar-refractivity contribution >= 4 is 21.8 Å². The predicted molar refractivity (Wildman–Crippen MR) is 96.1 cm³/mol. The third-order valence-corrected chi connectivity index (χ3v) is 4.92. The van der Waals surface area contributed by atoms with Crippen molar-refractivity contribution < 1.29 is 13.7 Å². The summed E-state index contributed by atoms with van der Waals surface area (Å²) >= 11 is 0. The zero-order chi connectivity index (χ0) is 17.6. The molecule has 0 bridgehead atoms. The molecule has 3 rings (SSSR count). The lowest BCUT2D eigenvalue weighted by Crippen LogP contribution is -2.07. The average molecular weight is 358 g/mol. The van der Waals surface area contributed by atoms with Gasteiger partial charge >= 0.3 is 0 Å². The number of fused-ring (bicyclic) bond motifs is 1. The van der Waals surface area contributed by atoms with E-state index in [-0.39, 0.29) is 5.75 Å². The van der Waals surface area contributed by atoms with Gasteiger partial charge in [0.2, 0.25) is 0 Å². The molecule has 2 aromatic heterocycles. The van der Waals surface area contributed by atoms with Crippen molar-refractivity contribution in [1.82, 2.24) is 15.0 Å². The Bertz CT molecular complexity index is 846. The molecule has 0 unspecified atom stereocenters. The second-order valence-electron chi connectivity index (χ2n) is 5.56. The van der Waals surface area contributed by atoms with E-state index in [1.165, 1.54) is 0 Å². The molecular formula is C18H20N3O3S-. The van der Waals surface area contributed by atoms with Gasteiger partial charge in [-0.3, -0.25) is 9.19 Å². The summed E-state index contributed by atoms with van der Waals surface area (Å²) in [4.78, 5) is 13.0. The van der Waals surface area contributed by atoms with Crippen LogP contribution in [0.3, 0.4) is 0 Å². The molecule has 0 aliphatic heterocycles. The minimum atomic E-state index is -1.35. The van der Waals surface area contributed by atoms with Crippen LogP contribution in [-0.4, -0.2) is 34.5 Å². The van der Waals surface area contributed by atoms with Crippen molar-refractivity contribution in [2.24, 2.45) is 0 Å². The lowest BCUT2D eigenvalue weighted by atomic mass is 10.2. The van der Waals surface area contributed by atoms with Gasteiger partial charge in [-0.15, -0.1) is 0 Å². The second kappa shape index (κ2) is 8.22. The van der Waals surface area contributed by atoms with Gasteiger partial charge in [-0.05, 0) is 24.0 Å². The summed E-state index contributed by atoms with van der Waals surface area (Å²) < 4.78 is 23.4. The van der Waals surface area contributed by atoms with Gasteiger partial charge in [0.25, 0.3) is 0 Å². The predicted octanol–water partition coefficient (Wildman–Crippen LogP) is 2.62.